The van der Waals surface area contributed by atoms with Gasteiger partial charge < -0.3 is 10.1 Å². The number of sulfonamides is 1. The minimum atomic E-state index is -3.45. The highest BCUT2D eigenvalue weighted by molar-refractivity contribution is 7.92. The molecule has 0 aliphatic carbocycles. The highest BCUT2D eigenvalue weighted by Crippen LogP contribution is 2.28. The summed E-state index contributed by atoms with van der Waals surface area (Å²) >= 11 is 6.07. The van der Waals surface area contributed by atoms with Crippen LogP contribution in [0.5, 0.6) is 5.75 Å². The van der Waals surface area contributed by atoms with E-state index in [1.54, 1.807) is 37.3 Å². The summed E-state index contributed by atoms with van der Waals surface area (Å²) in [4.78, 5) is 12.7. The molecule has 0 heterocycles. The lowest BCUT2D eigenvalue weighted by molar-refractivity contribution is 0.102. The van der Waals surface area contributed by atoms with Gasteiger partial charge in [0.05, 0.1) is 24.6 Å². The molecule has 0 fully saturated rings. The lowest BCUT2D eigenvalue weighted by Crippen LogP contribution is -2.25. The van der Waals surface area contributed by atoms with E-state index in [1.807, 2.05) is 0 Å². The zero-order valence-corrected chi connectivity index (χ0v) is 15.9. The number of rotatable bonds is 5. The minimum Gasteiger partial charge on any atom is -0.496 e. The Labute approximate surface area is 152 Å². The molecule has 0 radical (unpaired) electrons. The monoisotopic (exact) mass is 382 g/mol. The number of nitrogens with zero attached hydrogens (tertiary/aromatic N) is 1. The average Bonchev–Trinajstić information content (AvgIpc) is 2.56. The first kappa shape index (κ1) is 19.1. The van der Waals surface area contributed by atoms with Gasteiger partial charge in [0, 0.05) is 17.8 Å². The van der Waals surface area contributed by atoms with Crippen molar-refractivity contribution in [2.75, 3.05) is 30.0 Å². The van der Waals surface area contributed by atoms with Crippen LogP contribution >= 0.6 is 11.6 Å². The zero-order valence-electron chi connectivity index (χ0n) is 14.3. The fourth-order valence-electron chi connectivity index (χ4n) is 2.19. The van der Waals surface area contributed by atoms with E-state index in [2.05, 4.69) is 5.32 Å². The molecule has 8 heteroatoms. The third-order valence-corrected chi connectivity index (χ3v) is 5.42. The van der Waals surface area contributed by atoms with Gasteiger partial charge >= 0.3 is 0 Å². The number of methoxy groups -OCH3 is 1. The molecular weight excluding hydrogens is 364 g/mol. The van der Waals surface area contributed by atoms with Gasteiger partial charge in [0.1, 0.15) is 5.75 Å². The summed E-state index contributed by atoms with van der Waals surface area (Å²) in [5, 5.41) is 3.31. The Kier molecular flexibility index (Phi) is 5.59. The van der Waals surface area contributed by atoms with Crippen LogP contribution < -0.4 is 14.4 Å². The second-order valence-corrected chi connectivity index (χ2v) is 7.90. The molecule has 6 nitrogen and oxygen atoms in total. The Bertz CT molecular complexity index is 913. The zero-order chi connectivity index (χ0) is 18.8. The van der Waals surface area contributed by atoms with E-state index in [0.717, 1.165) is 16.1 Å². The number of hydrogen-bond acceptors (Lipinski definition) is 4. The minimum absolute atomic E-state index is 0.217. The molecule has 25 heavy (non-hydrogen) atoms. The maximum Gasteiger partial charge on any atom is 0.259 e. The summed E-state index contributed by atoms with van der Waals surface area (Å²) in [6.45, 7) is 1.79. The number of nitrogens with one attached hydrogen (secondary N) is 1. The van der Waals surface area contributed by atoms with E-state index in [0.29, 0.717) is 22.1 Å². The molecule has 0 unspecified atom stereocenters. The van der Waals surface area contributed by atoms with E-state index in [-0.39, 0.29) is 5.56 Å². The highest BCUT2D eigenvalue weighted by Gasteiger charge is 2.19. The van der Waals surface area contributed by atoms with E-state index < -0.39 is 15.9 Å². The highest BCUT2D eigenvalue weighted by atomic mass is 35.5. The number of ether oxygens (including phenoxy) is 1. The molecule has 0 aliphatic rings. The standard InChI is InChI=1S/C17H19ClN2O4S/c1-11-14(18)6-5-7-15(11)19-17(21)13-10-12(8-9-16(13)24-3)20(2)25(4,22)23/h5-10H,1-4H3,(H,19,21). The van der Waals surface area contributed by atoms with Crippen LogP contribution in [0.25, 0.3) is 0 Å². The van der Waals surface area contributed by atoms with Gasteiger partial charge in [-0.05, 0) is 42.8 Å². The summed E-state index contributed by atoms with van der Waals surface area (Å²) in [7, 11) is -0.588. The Morgan fingerprint density at radius 1 is 1.24 bits per heavy atom. The van der Waals surface area contributed by atoms with Crippen LogP contribution in [0.15, 0.2) is 36.4 Å². The third kappa shape index (κ3) is 4.24. The second-order valence-electron chi connectivity index (χ2n) is 5.48. The van der Waals surface area contributed by atoms with Crippen molar-refractivity contribution in [1.82, 2.24) is 0 Å². The maximum absolute atomic E-state index is 12.7. The van der Waals surface area contributed by atoms with Crippen LogP contribution in [0.1, 0.15) is 15.9 Å². The van der Waals surface area contributed by atoms with Crippen LogP contribution in [0, 0.1) is 6.92 Å². The first-order chi connectivity index (χ1) is 11.6. The van der Waals surface area contributed by atoms with E-state index in [4.69, 9.17) is 16.3 Å². The number of anilines is 2. The normalized spacial score (nSPS) is 11.1. The summed E-state index contributed by atoms with van der Waals surface area (Å²) in [5.41, 5.74) is 1.88. The van der Waals surface area contributed by atoms with Gasteiger partial charge in [0.15, 0.2) is 0 Å². The van der Waals surface area contributed by atoms with Crippen molar-refractivity contribution >= 4 is 38.9 Å². The van der Waals surface area contributed by atoms with Gasteiger partial charge in [-0.3, -0.25) is 9.10 Å². The first-order valence-electron chi connectivity index (χ1n) is 7.33. The van der Waals surface area contributed by atoms with E-state index in [9.17, 15) is 13.2 Å². The fourth-order valence-corrected chi connectivity index (χ4v) is 2.86. The van der Waals surface area contributed by atoms with Gasteiger partial charge in [0.25, 0.3) is 5.91 Å². The van der Waals surface area contributed by atoms with Crippen molar-refractivity contribution in [2.24, 2.45) is 0 Å². The first-order valence-corrected chi connectivity index (χ1v) is 9.56. The van der Waals surface area contributed by atoms with Gasteiger partial charge in [-0.15, -0.1) is 0 Å². The molecule has 1 N–H and O–H groups in total. The Balaban J connectivity index is 2.42. The molecule has 0 bridgehead atoms. The quantitative estimate of drug-likeness (QED) is 0.860. The number of benzene rings is 2. The predicted molar refractivity (Wildman–Crippen MR) is 100 cm³/mol. The van der Waals surface area contributed by atoms with Crippen molar-refractivity contribution in [3.05, 3.63) is 52.5 Å². The molecule has 2 aromatic carbocycles. The average molecular weight is 383 g/mol. The number of carbonyl (C=O) groups excluding carboxylic acids is 1. The van der Waals surface area contributed by atoms with Gasteiger partial charge in [-0.1, -0.05) is 17.7 Å². The Morgan fingerprint density at radius 3 is 2.52 bits per heavy atom. The summed E-state index contributed by atoms with van der Waals surface area (Å²) in [5.74, 6) is -0.0891. The summed E-state index contributed by atoms with van der Waals surface area (Å²) < 4.78 is 29.8. The summed E-state index contributed by atoms with van der Waals surface area (Å²) in [6.07, 6.45) is 1.09. The lowest BCUT2D eigenvalue weighted by Gasteiger charge is -2.19. The Morgan fingerprint density at radius 2 is 1.92 bits per heavy atom. The molecule has 0 saturated heterocycles. The topological polar surface area (TPSA) is 75.7 Å². The Hall–Kier alpha value is -2.25. The maximum atomic E-state index is 12.7. The fraction of sp³-hybridized carbons (Fsp3) is 0.235. The van der Waals surface area contributed by atoms with Crippen LogP contribution in [0.2, 0.25) is 5.02 Å². The van der Waals surface area contributed by atoms with Gasteiger partial charge in [0.2, 0.25) is 10.0 Å². The van der Waals surface area contributed by atoms with Crippen molar-refractivity contribution in [3.63, 3.8) is 0 Å². The number of hydrogen-bond donors (Lipinski definition) is 1. The molecule has 0 spiro atoms. The molecule has 2 rings (SSSR count). The largest absolute Gasteiger partial charge is 0.496 e. The number of amides is 1. The summed E-state index contributed by atoms with van der Waals surface area (Å²) in [6, 6.07) is 9.79. The molecule has 2 aromatic rings. The van der Waals surface area contributed by atoms with Crippen LogP contribution in [0.3, 0.4) is 0 Å². The van der Waals surface area contributed by atoms with Crippen LogP contribution in [-0.2, 0) is 10.0 Å². The van der Waals surface area contributed by atoms with E-state index >= 15 is 0 Å². The smallest absolute Gasteiger partial charge is 0.259 e. The molecule has 0 atom stereocenters. The lowest BCUT2D eigenvalue weighted by atomic mass is 10.1. The SMILES string of the molecule is COc1ccc(N(C)S(C)(=O)=O)cc1C(=O)Nc1cccc(Cl)c1C. The third-order valence-electron chi connectivity index (χ3n) is 3.80. The van der Waals surface area contributed by atoms with Crippen molar-refractivity contribution in [2.45, 2.75) is 6.92 Å². The van der Waals surface area contributed by atoms with Crippen molar-refractivity contribution < 1.29 is 17.9 Å². The van der Waals surface area contributed by atoms with Gasteiger partial charge in [-0.2, -0.15) is 0 Å². The predicted octanol–water partition coefficient (Wildman–Crippen LogP) is 3.31. The van der Waals surface area contributed by atoms with Crippen molar-refractivity contribution in [1.29, 1.82) is 0 Å². The van der Waals surface area contributed by atoms with Crippen LogP contribution in [-0.4, -0.2) is 34.7 Å². The number of halogens is 1. The van der Waals surface area contributed by atoms with E-state index in [1.165, 1.54) is 20.2 Å². The number of carbonyl (C=O) groups is 1. The van der Waals surface area contributed by atoms with Crippen LogP contribution in [0.4, 0.5) is 11.4 Å². The van der Waals surface area contributed by atoms with Crippen molar-refractivity contribution in [3.8, 4) is 5.75 Å². The molecule has 0 saturated carbocycles. The molecular formula is C17H19ClN2O4S. The molecule has 0 aliphatic heterocycles. The molecule has 0 aromatic heterocycles. The molecule has 134 valence electrons. The second kappa shape index (κ2) is 7.33. The van der Waals surface area contributed by atoms with Gasteiger partial charge in [-0.25, -0.2) is 8.42 Å². The molecule has 1 amide bonds.